The highest BCUT2D eigenvalue weighted by molar-refractivity contribution is 6.04. The lowest BCUT2D eigenvalue weighted by Gasteiger charge is -2.13. The summed E-state index contributed by atoms with van der Waals surface area (Å²) in [6.07, 6.45) is -1.10. The molecule has 0 aliphatic carbocycles. The van der Waals surface area contributed by atoms with Crippen LogP contribution in [0.2, 0.25) is 0 Å². The first-order valence-electron chi connectivity index (χ1n) is 9.39. The summed E-state index contributed by atoms with van der Waals surface area (Å²) in [6, 6.07) is 7.70. The Labute approximate surface area is 176 Å². The molecule has 3 rings (SSSR count). The maximum absolute atomic E-state index is 12.7. The number of aromatic amines is 1. The van der Waals surface area contributed by atoms with Gasteiger partial charge in [-0.3, -0.25) is 4.79 Å². The summed E-state index contributed by atoms with van der Waals surface area (Å²) < 4.78 is 20.3. The van der Waals surface area contributed by atoms with E-state index in [0.717, 1.165) is 0 Å². The van der Waals surface area contributed by atoms with Gasteiger partial charge in [-0.1, -0.05) is 0 Å². The van der Waals surface area contributed by atoms with E-state index in [-0.39, 0.29) is 11.3 Å². The fraction of sp³-hybridized carbons (Fsp3) is 0.273. The fourth-order valence-electron chi connectivity index (χ4n) is 3.17. The number of carbonyl (C=O) groups excluding carboxylic acids is 3. The molecule has 0 spiro atoms. The Morgan fingerprint density at radius 2 is 1.84 bits per heavy atom. The first-order chi connectivity index (χ1) is 14.7. The number of esters is 2. The Bertz CT molecular complexity index is 1220. The molecule has 162 valence electrons. The maximum atomic E-state index is 12.7. The van der Waals surface area contributed by atoms with Gasteiger partial charge in [-0.2, -0.15) is 0 Å². The Hall–Kier alpha value is -3.88. The van der Waals surface area contributed by atoms with E-state index in [1.807, 2.05) is 0 Å². The number of methoxy groups -OCH3 is 1. The predicted octanol–water partition coefficient (Wildman–Crippen LogP) is 2.72. The summed E-state index contributed by atoms with van der Waals surface area (Å²) in [5.74, 6) is -1.51. The minimum absolute atomic E-state index is 0.170. The second kappa shape index (κ2) is 8.86. The number of hydrogen-bond acceptors (Lipinski definition) is 8. The van der Waals surface area contributed by atoms with E-state index >= 15 is 0 Å². The van der Waals surface area contributed by atoms with E-state index in [1.165, 1.54) is 26.2 Å². The molecular weight excluding hydrogens is 406 g/mol. The van der Waals surface area contributed by atoms with Gasteiger partial charge in [-0.25, -0.2) is 14.4 Å². The van der Waals surface area contributed by atoms with Gasteiger partial charge in [0, 0.05) is 23.2 Å². The highest BCUT2D eigenvalue weighted by Gasteiger charge is 2.27. The topological polar surface area (TPSA) is 125 Å². The van der Waals surface area contributed by atoms with Crippen molar-refractivity contribution in [3.63, 3.8) is 0 Å². The van der Waals surface area contributed by atoms with Crippen molar-refractivity contribution >= 4 is 28.7 Å². The van der Waals surface area contributed by atoms with E-state index in [9.17, 15) is 19.2 Å². The Balaban J connectivity index is 1.63. The standard InChI is InChI=1S/C22H21NO8/c1-11-19(22(27)28-4)12(2)23-20(11)21(26)13(3)30-18(25)10-29-15-7-5-14-6-8-17(24)31-16(14)9-15/h5-9,13,23H,10H2,1-4H3. The van der Waals surface area contributed by atoms with E-state index < -0.39 is 36.1 Å². The summed E-state index contributed by atoms with van der Waals surface area (Å²) >= 11 is 0. The highest BCUT2D eigenvalue weighted by Crippen LogP contribution is 2.21. The van der Waals surface area contributed by atoms with Gasteiger partial charge in [0.1, 0.15) is 11.3 Å². The molecule has 0 radical (unpaired) electrons. The molecule has 3 aromatic rings. The third kappa shape index (κ3) is 4.66. The van der Waals surface area contributed by atoms with Gasteiger partial charge in [0.15, 0.2) is 12.7 Å². The zero-order chi connectivity index (χ0) is 22.7. The van der Waals surface area contributed by atoms with Crippen LogP contribution in [0.15, 0.2) is 39.5 Å². The number of ketones is 1. The summed E-state index contributed by atoms with van der Waals surface area (Å²) in [7, 11) is 1.25. The van der Waals surface area contributed by atoms with Gasteiger partial charge in [-0.15, -0.1) is 0 Å². The van der Waals surface area contributed by atoms with Crippen molar-refractivity contribution in [2.75, 3.05) is 13.7 Å². The molecule has 1 unspecified atom stereocenters. The molecule has 1 atom stereocenters. The molecule has 1 aromatic carbocycles. The highest BCUT2D eigenvalue weighted by atomic mass is 16.6. The number of aryl methyl sites for hydroxylation is 1. The Kier molecular flexibility index (Phi) is 6.24. The third-order valence-electron chi connectivity index (χ3n) is 4.70. The molecular formula is C22H21NO8. The second-order valence-electron chi connectivity index (χ2n) is 6.86. The lowest BCUT2D eigenvalue weighted by atomic mass is 10.1. The number of carbonyl (C=O) groups is 3. The quantitative estimate of drug-likeness (QED) is 0.347. The van der Waals surface area contributed by atoms with Crippen LogP contribution < -0.4 is 10.4 Å². The number of rotatable bonds is 7. The fourth-order valence-corrected chi connectivity index (χ4v) is 3.17. The van der Waals surface area contributed by atoms with Crippen LogP contribution >= 0.6 is 0 Å². The molecule has 9 nitrogen and oxygen atoms in total. The number of fused-ring (bicyclic) bond motifs is 1. The van der Waals surface area contributed by atoms with Crippen molar-refractivity contribution in [2.45, 2.75) is 26.9 Å². The van der Waals surface area contributed by atoms with Crippen LogP contribution in [-0.2, 0) is 14.3 Å². The molecule has 2 aromatic heterocycles. The molecule has 2 heterocycles. The molecule has 0 aliphatic heterocycles. The molecule has 0 amide bonds. The summed E-state index contributed by atoms with van der Waals surface area (Å²) in [6.45, 7) is 4.24. The second-order valence-corrected chi connectivity index (χ2v) is 6.86. The number of aromatic nitrogens is 1. The molecule has 0 saturated carbocycles. The molecule has 1 N–H and O–H groups in total. The van der Waals surface area contributed by atoms with Crippen LogP contribution in [0.25, 0.3) is 11.0 Å². The first-order valence-corrected chi connectivity index (χ1v) is 9.39. The number of hydrogen-bond donors (Lipinski definition) is 1. The average molecular weight is 427 g/mol. The number of ether oxygens (including phenoxy) is 3. The normalized spacial score (nSPS) is 11.7. The van der Waals surface area contributed by atoms with Gasteiger partial charge in [0.05, 0.1) is 18.4 Å². The molecule has 0 saturated heterocycles. The number of H-pyrrole nitrogens is 1. The zero-order valence-corrected chi connectivity index (χ0v) is 17.4. The van der Waals surface area contributed by atoms with Crippen LogP contribution in [0.5, 0.6) is 5.75 Å². The average Bonchev–Trinajstić information content (AvgIpc) is 3.04. The minimum Gasteiger partial charge on any atom is -0.482 e. The van der Waals surface area contributed by atoms with Crippen molar-refractivity contribution in [3.05, 3.63) is 63.3 Å². The van der Waals surface area contributed by atoms with Gasteiger partial charge in [0.25, 0.3) is 0 Å². The summed E-state index contributed by atoms with van der Waals surface area (Å²) in [5, 5.41) is 0.705. The van der Waals surface area contributed by atoms with E-state index in [2.05, 4.69) is 4.98 Å². The monoisotopic (exact) mass is 427 g/mol. The van der Waals surface area contributed by atoms with Gasteiger partial charge < -0.3 is 23.6 Å². The third-order valence-corrected chi connectivity index (χ3v) is 4.70. The number of Topliss-reactive ketones (excluding diaryl/α,β-unsaturated/α-hetero) is 1. The van der Waals surface area contributed by atoms with Crippen molar-refractivity contribution in [2.24, 2.45) is 0 Å². The van der Waals surface area contributed by atoms with Crippen LogP contribution in [0, 0.1) is 13.8 Å². The van der Waals surface area contributed by atoms with E-state index in [0.29, 0.717) is 28.0 Å². The predicted molar refractivity (Wildman–Crippen MR) is 109 cm³/mol. The lowest BCUT2D eigenvalue weighted by Crippen LogP contribution is -2.28. The molecule has 0 bridgehead atoms. The molecule has 0 fully saturated rings. The van der Waals surface area contributed by atoms with Crippen LogP contribution in [-0.4, -0.2) is 42.5 Å². The Morgan fingerprint density at radius 3 is 2.55 bits per heavy atom. The lowest BCUT2D eigenvalue weighted by molar-refractivity contribution is -0.148. The SMILES string of the molecule is COC(=O)c1c(C)[nH]c(C(=O)C(C)OC(=O)COc2ccc3ccc(=O)oc3c2)c1C. The van der Waals surface area contributed by atoms with Crippen molar-refractivity contribution in [1.29, 1.82) is 0 Å². The van der Waals surface area contributed by atoms with Crippen LogP contribution in [0.3, 0.4) is 0 Å². The zero-order valence-electron chi connectivity index (χ0n) is 17.4. The smallest absolute Gasteiger partial charge is 0.344 e. The molecule has 0 aliphatic rings. The van der Waals surface area contributed by atoms with Crippen molar-refractivity contribution in [3.8, 4) is 5.75 Å². The first kappa shape index (κ1) is 21.8. The Morgan fingerprint density at radius 1 is 1.13 bits per heavy atom. The molecule has 31 heavy (non-hydrogen) atoms. The van der Waals surface area contributed by atoms with Crippen molar-refractivity contribution in [1.82, 2.24) is 4.98 Å². The number of benzene rings is 1. The van der Waals surface area contributed by atoms with Crippen molar-refractivity contribution < 1.29 is 33.0 Å². The maximum Gasteiger partial charge on any atom is 0.344 e. The van der Waals surface area contributed by atoms with Gasteiger partial charge >= 0.3 is 17.6 Å². The van der Waals surface area contributed by atoms with E-state index in [1.54, 1.807) is 32.0 Å². The molecule has 9 heteroatoms. The van der Waals surface area contributed by atoms with Gasteiger partial charge in [0.2, 0.25) is 5.78 Å². The number of nitrogens with one attached hydrogen (secondary N) is 1. The van der Waals surface area contributed by atoms with Crippen LogP contribution in [0.4, 0.5) is 0 Å². The van der Waals surface area contributed by atoms with Crippen LogP contribution in [0.1, 0.15) is 39.0 Å². The minimum atomic E-state index is -1.10. The largest absolute Gasteiger partial charge is 0.482 e. The van der Waals surface area contributed by atoms with Gasteiger partial charge in [-0.05, 0) is 44.5 Å². The van der Waals surface area contributed by atoms with E-state index in [4.69, 9.17) is 18.6 Å². The summed E-state index contributed by atoms with van der Waals surface area (Å²) in [4.78, 5) is 50.9. The summed E-state index contributed by atoms with van der Waals surface area (Å²) in [5.41, 5.74) is 1.17.